The summed E-state index contributed by atoms with van der Waals surface area (Å²) in [5.74, 6) is 0.133. The van der Waals surface area contributed by atoms with Crippen LogP contribution < -0.4 is 10.2 Å². The normalized spacial score (nSPS) is 14.1. The standard InChI is InChI=1S/C48H42N6O2/c1-34(2)32-45(55)49-43-31-30-37-16-12-15-25-44(37)53(47(43)56)33-35-26-28-36(29-27-35)41-23-13-14-24-42(41)46-50-52-54(51-46)48(38-17-6-3-7-18-38,39-19-8-4-9-20-39)40-21-10-5-11-22-40/h3-29,32,43H,30-31,33H2,1-2H3,(H,49,55)/t43-/m1/s1. The van der Waals surface area contributed by atoms with Gasteiger partial charge in [0.1, 0.15) is 6.04 Å². The number of hydrogen-bond acceptors (Lipinski definition) is 5. The highest BCUT2D eigenvalue weighted by Crippen LogP contribution is 2.40. The lowest BCUT2D eigenvalue weighted by molar-refractivity contribution is -0.125. The van der Waals surface area contributed by atoms with Crippen LogP contribution in [-0.4, -0.2) is 38.1 Å². The predicted octanol–water partition coefficient (Wildman–Crippen LogP) is 8.78. The summed E-state index contributed by atoms with van der Waals surface area (Å²) in [7, 11) is 0. The van der Waals surface area contributed by atoms with Gasteiger partial charge < -0.3 is 10.2 Å². The van der Waals surface area contributed by atoms with E-state index in [-0.39, 0.29) is 11.8 Å². The molecule has 0 unspecified atom stereocenters. The zero-order chi connectivity index (χ0) is 38.5. The molecule has 6 aromatic carbocycles. The molecular weight excluding hydrogens is 693 g/mol. The van der Waals surface area contributed by atoms with E-state index in [0.717, 1.165) is 55.8 Å². The van der Waals surface area contributed by atoms with Crippen LogP contribution in [0.25, 0.3) is 22.5 Å². The Labute approximate surface area is 327 Å². The third-order valence-electron chi connectivity index (χ3n) is 10.3. The van der Waals surface area contributed by atoms with E-state index in [9.17, 15) is 9.59 Å². The molecule has 1 atom stereocenters. The molecule has 0 saturated heterocycles. The first-order valence-electron chi connectivity index (χ1n) is 18.9. The van der Waals surface area contributed by atoms with Crippen LogP contribution in [0.3, 0.4) is 0 Å². The maximum Gasteiger partial charge on any atom is 0.249 e. The molecule has 8 nitrogen and oxygen atoms in total. The molecule has 56 heavy (non-hydrogen) atoms. The molecule has 0 bridgehead atoms. The summed E-state index contributed by atoms with van der Waals surface area (Å²) in [5, 5.41) is 17.6. The van der Waals surface area contributed by atoms with Crippen molar-refractivity contribution in [1.29, 1.82) is 0 Å². The Balaban J connectivity index is 1.13. The molecule has 2 amide bonds. The largest absolute Gasteiger partial charge is 0.341 e. The molecule has 8 rings (SSSR count). The number of fused-ring (bicyclic) bond motifs is 1. The summed E-state index contributed by atoms with van der Waals surface area (Å²) in [6.07, 6.45) is 2.76. The van der Waals surface area contributed by atoms with E-state index < -0.39 is 11.6 Å². The quantitative estimate of drug-likeness (QED) is 0.112. The van der Waals surface area contributed by atoms with Gasteiger partial charge in [0.25, 0.3) is 0 Å². The van der Waals surface area contributed by atoms with Crippen molar-refractivity contribution < 1.29 is 9.59 Å². The monoisotopic (exact) mass is 734 g/mol. The molecule has 0 aliphatic carbocycles. The van der Waals surface area contributed by atoms with Gasteiger partial charge >= 0.3 is 0 Å². The summed E-state index contributed by atoms with van der Waals surface area (Å²) in [5.41, 5.74) is 8.74. The average Bonchev–Trinajstić information content (AvgIpc) is 3.69. The van der Waals surface area contributed by atoms with Crippen LogP contribution in [0.15, 0.2) is 175 Å². The number of allylic oxidation sites excluding steroid dienone is 1. The molecule has 0 fully saturated rings. The minimum absolute atomic E-state index is 0.119. The van der Waals surface area contributed by atoms with Crippen molar-refractivity contribution in [1.82, 2.24) is 25.5 Å². The number of anilines is 1. The van der Waals surface area contributed by atoms with Crippen LogP contribution in [0.4, 0.5) is 5.69 Å². The van der Waals surface area contributed by atoms with Crippen LogP contribution in [0.2, 0.25) is 0 Å². The highest BCUT2D eigenvalue weighted by molar-refractivity contribution is 6.01. The molecule has 2 heterocycles. The van der Waals surface area contributed by atoms with E-state index in [1.165, 1.54) is 6.08 Å². The number of aromatic nitrogens is 4. The number of carbonyl (C=O) groups is 2. The Morgan fingerprint density at radius 1 is 0.714 bits per heavy atom. The number of nitrogens with one attached hydrogen (secondary N) is 1. The molecule has 276 valence electrons. The molecule has 1 aliphatic heterocycles. The van der Waals surface area contributed by atoms with Crippen molar-refractivity contribution in [3.8, 4) is 22.5 Å². The molecule has 7 aromatic rings. The first kappa shape index (κ1) is 36.1. The van der Waals surface area contributed by atoms with Gasteiger partial charge in [-0.3, -0.25) is 9.59 Å². The minimum atomic E-state index is -0.886. The lowest BCUT2D eigenvalue weighted by Gasteiger charge is -2.34. The lowest BCUT2D eigenvalue weighted by atomic mass is 9.77. The number of tetrazole rings is 1. The molecular formula is C48H42N6O2. The smallest absolute Gasteiger partial charge is 0.249 e. The maximum absolute atomic E-state index is 14.0. The zero-order valence-corrected chi connectivity index (χ0v) is 31.4. The van der Waals surface area contributed by atoms with Crippen molar-refractivity contribution in [3.05, 3.63) is 203 Å². The average molecular weight is 735 g/mol. The Kier molecular flexibility index (Phi) is 10.2. The first-order valence-corrected chi connectivity index (χ1v) is 18.9. The molecule has 0 spiro atoms. The van der Waals surface area contributed by atoms with E-state index in [1.54, 1.807) is 9.70 Å². The number of para-hydroxylation sites is 1. The number of benzene rings is 6. The van der Waals surface area contributed by atoms with Crippen LogP contribution in [-0.2, 0) is 28.1 Å². The highest BCUT2D eigenvalue weighted by atomic mass is 16.2. The highest BCUT2D eigenvalue weighted by Gasteiger charge is 2.41. The van der Waals surface area contributed by atoms with Crippen molar-refractivity contribution in [2.45, 2.75) is 44.8 Å². The number of rotatable bonds is 10. The number of nitrogens with zero attached hydrogens (tertiary/aromatic N) is 5. The SMILES string of the molecule is CC(C)=CC(=O)N[C@@H]1CCc2ccccc2N(Cc2ccc(-c3ccccc3-c3nnn(C(c4ccccc4)(c4ccccc4)c4ccccc4)n3)cc2)C1=O. The van der Waals surface area contributed by atoms with Gasteiger partial charge in [0.2, 0.25) is 17.6 Å². The molecule has 0 saturated carbocycles. The van der Waals surface area contributed by atoms with Crippen LogP contribution in [0, 0.1) is 0 Å². The summed E-state index contributed by atoms with van der Waals surface area (Å²) < 4.78 is 0. The molecule has 1 aromatic heterocycles. The van der Waals surface area contributed by atoms with Gasteiger partial charge in [-0.1, -0.05) is 163 Å². The number of amides is 2. The van der Waals surface area contributed by atoms with Gasteiger partial charge in [-0.05, 0) is 76.9 Å². The van der Waals surface area contributed by atoms with Crippen LogP contribution in [0.1, 0.15) is 48.1 Å². The second-order valence-electron chi connectivity index (χ2n) is 14.3. The molecule has 1 N–H and O–H groups in total. The summed E-state index contributed by atoms with van der Waals surface area (Å²) in [6.45, 7) is 4.10. The van der Waals surface area contributed by atoms with Crippen molar-refractivity contribution in [2.75, 3.05) is 4.90 Å². The van der Waals surface area contributed by atoms with E-state index >= 15 is 0 Å². The Bertz CT molecular complexity index is 2390. The third kappa shape index (κ3) is 7.05. The Morgan fingerprint density at radius 3 is 1.88 bits per heavy atom. The van der Waals surface area contributed by atoms with E-state index in [0.29, 0.717) is 25.2 Å². The van der Waals surface area contributed by atoms with E-state index in [2.05, 4.69) is 78.1 Å². The minimum Gasteiger partial charge on any atom is -0.341 e. The van der Waals surface area contributed by atoms with Gasteiger partial charge in [-0.15, -0.1) is 15.0 Å². The van der Waals surface area contributed by atoms with E-state index in [4.69, 9.17) is 15.4 Å². The van der Waals surface area contributed by atoms with Gasteiger partial charge in [0, 0.05) is 17.3 Å². The summed E-state index contributed by atoms with van der Waals surface area (Å²) in [4.78, 5) is 30.3. The van der Waals surface area contributed by atoms with E-state index in [1.807, 2.05) is 105 Å². The Morgan fingerprint density at radius 2 is 1.27 bits per heavy atom. The van der Waals surface area contributed by atoms with Crippen molar-refractivity contribution in [3.63, 3.8) is 0 Å². The molecule has 0 radical (unpaired) electrons. The lowest BCUT2D eigenvalue weighted by Crippen LogP contribution is -2.47. The predicted molar refractivity (Wildman–Crippen MR) is 221 cm³/mol. The van der Waals surface area contributed by atoms with Crippen LogP contribution >= 0.6 is 0 Å². The van der Waals surface area contributed by atoms with Crippen molar-refractivity contribution >= 4 is 17.5 Å². The summed E-state index contributed by atoms with van der Waals surface area (Å²) in [6, 6.07) is 54.6. The van der Waals surface area contributed by atoms with Gasteiger partial charge in [0.15, 0.2) is 5.54 Å². The number of aryl methyl sites for hydroxylation is 1. The second-order valence-corrected chi connectivity index (χ2v) is 14.3. The first-order chi connectivity index (χ1) is 27.4. The second kappa shape index (κ2) is 15.8. The van der Waals surface area contributed by atoms with Gasteiger partial charge in [0.05, 0.1) is 6.54 Å². The number of carbonyl (C=O) groups excluding carboxylic acids is 2. The van der Waals surface area contributed by atoms with Crippen LogP contribution in [0.5, 0.6) is 0 Å². The fraction of sp³-hybridized carbons (Fsp3) is 0.146. The van der Waals surface area contributed by atoms with Crippen molar-refractivity contribution in [2.24, 2.45) is 0 Å². The maximum atomic E-state index is 14.0. The fourth-order valence-corrected chi connectivity index (χ4v) is 7.74. The Hall–Kier alpha value is -6.93. The topological polar surface area (TPSA) is 93.0 Å². The number of hydrogen-bond donors (Lipinski definition) is 1. The van der Waals surface area contributed by atoms with Gasteiger partial charge in [-0.25, -0.2) is 0 Å². The third-order valence-corrected chi connectivity index (χ3v) is 10.3. The van der Waals surface area contributed by atoms with Gasteiger partial charge in [-0.2, -0.15) is 0 Å². The molecule has 8 heteroatoms. The fourth-order valence-electron chi connectivity index (χ4n) is 7.74. The zero-order valence-electron chi connectivity index (χ0n) is 31.4. The summed E-state index contributed by atoms with van der Waals surface area (Å²) >= 11 is 0. The molecule has 1 aliphatic rings.